The second-order valence-corrected chi connectivity index (χ2v) is 6.76. The number of amides is 2. The molecule has 1 aliphatic heterocycles. The number of hydrogen-bond acceptors (Lipinski definition) is 5. The normalized spacial score (nSPS) is 17.0. The fraction of sp³-hybridized carbons (Fsp3) is 0.556. The highest BCUT2D eigenvalue weighted by atomic mass is 19.4. The maximum Gasteiger partial charge on any atom is 0.397 e. The van der Waals surface area contributed by atoms with Crippen molar-refractivity contribution in [1.29, 1.82) is 0 Å². The zero-order valence-corrected chi connectivity index (χ0v) is 16.2. The number of rotatable bonds is 6. The quantitative estimate of drug-likeness (QED) is 0.790. The molecule has 10 heteroatoms. The summed E-state index contributed by atoms with van der Waals surface area (Å²) in [5.41, 5.74) is 0.141. The minimum atomic E-state index is -4.65. The molecule has 1 heterocycles. The van der Waals surface area contributed by atoms with Crippen molar-refractivity contribution in [3.63, 3.8) is 0 Å². The van der Waals surface area contributed by atoms with Crippen LogP contribution in [0.3, 0.4) is 0 Å². The smallest absolute Gasteiger partial charge is 0.397 e. The van der Waals surface area contributed by atoms with Crippen LogP contribution in [0.15, 0.2) is 12.1 Å². The van der Waals surface area contributed by atoms with Gasteiger partial charge in [-0.1, -0.05) is 0 Å². The number of methoxy groups -OCH3 is 2. The van der Waals surface area contributed by atoms with Crippen LogP contribution >= 0.6 is 0 Å². The van der Waals surface area contributed by atoms with Crippen molar-refractivity contribution in [3.05, 3.63) is 17.7 Å². The van der Waals surface area contributed by atoms with Crippen LogP contribution < -0.4 is 14.8 Å². The number of likely N-dealkylation sites (tertiary alicyclic amines) is 1. The first kappa shape index (κ1) is 21.8. The Labute approximate surface area is 161 Å². The third-order valence-electron chi connectivity index (χ3n) is 4.54. The van der Waals surface area contributed by atoms with Crippen molar-refractivity contribution in [2.75, 3.05) is 46.7 Å². The molecule has 2 amide bonds. The Hall–Kier alpha value is -2.49. The largest absolute Gasteiger partial charge is 0.493 e. The highest BCUT2D eigenvalue weighted by molar-refractivity contribution is 5.99. The van der Waals surface area contributed by atoms with Crippen LogP contribution in [0.5, 0.6) is 11.5 Å². The summed E-state index contributed by atoms with van der Waals surface area (Å²) in [5.74, 6) is -1.37. The topological polar surface area (TPSA) is 71.1 Å². The van der Waals surface area contributed by atoms with Gasteiger partial charge in [0.05, 0.1) is 19.9 Å². The zero-order valence-electron chi connectivity index (χ0n) is 16.2. The molecule has 0 saturated carbocycles. The van der Waals surface area contributed by atoms with E-state index in [0.717, 1.165) is 6.42 Å². The SMILES string of the molecule is COc1cc(C(=O)N2CCC(N(C)C)C2)cc(NC(=O)CC(F)(F)F)c1OC. The van der Waals surface area contributed by atoms with Gasteiger partial charge in [0.2, 0.25) is 5.91 Å². The van der Waals surface area contributed by atoms with Crippen LogP contribution in [0, 0.1) is 0 Å². The molecule has 0 bridgehead atoms. The number of likely N-dealkylation sites (N-methyl/N-ethyl adjacent to an activating group) is 1. The number of anilines is 1. The average molecular weight is 403 g/mol. The Kier molecular flexibility index (Phi) is 6.76. The van der Waals surface area contributed by atoms with Gasteiger partial charge in [-0.15, -0.1) is 0 Å². The molecule has 2 rings (SSSR count). The number of benzene rings is 1. The average Bonchev–Trinajstić information content (AvgIpc) is 3.09. The lowest BCUT2D eigenvalue weighted by atomic mass is 10.1. The van der Waals surface area contributed by atoms with Crippen molar-refractivity contribution in [2.45, 2.75) is 25.1 Å². The molecule has 1 saturated heterocycles. The maximum absolute atomic E-state index is 12.9. The van der Waals surface area contributed by atoms with Gasteiger partial charge in [0.15, 0.2) is 11.5 Å². The standard InChI is InChI=1S/C18H24F3N3O4/c1-23(2)12-5-6-24(10-12)17(26)11-7-13(16(28-4)14(8-11)27-3)22-15(25)9-18(19,20)21/h7-8,12H,5-6,9-10H2,1-4H3,(H,22,25). The number of hydrogen-bond donors (Lipinski definition) is 1. The molecule has 0 spiro atoms. The van der Waals surface area contributed by atoms with Crippen molar-refractivity contribution < 1.29 is 32.2 Å². The van der Waals surface area contributed by atoms with Crippen molar-refractivity contribution in [1.82, 2.24) is 9.80 Å². The second-order valence-electron chi connectivity index (χ2n) is 6.76. The minimum Gasteiger partial charge on any atom is -0.493 e. The Morgan fingerprint density at radius 3 is 2.43 bits per heavy atom. The van der Waals surface area contributed by atoms with Gasteiger partial charge in [-0.05, 0) is 32.6 Å². The summed E-state index contributed by atoms with van der Waals surface area (Å²) >= 11 is 0. The summed E-state index contributed by atoms with van der Waals surface area (Å²) in [4.78, 5) is 28.3. The number of alkyl halides is 3. The maximum atomic E-state index is 12.9. The van der Waals surface area contributed by atoms with E-state index in [1.54, 1.807) is 4.90 Å². The highest BCUT2D eigenvalue weighted by Gasteiger charge is 2.32. The number of carbonyl (C=O) groups is 2. The predicted molar refractivity (Wildman–Crippen MR) is 96.8 cm³/mol. The number of ether oxygens (including phenoxy) is 2. The Bertz CT molecular complexity index is 738. The van der Waals surface area contributed by atoms with Gasteiger partial charge in [0.1, 0.15) is 6.42 Å². The van der Waals surface area contributed by atoms with E-state index in [9.17, 15) is 22.8 Å². The second kappa shape index (κ2) is 8.68. The van der Waals surface area contributed by atoms with Gasteiger partial charge >= 0.3 is 6.18 Å². The molecule has 156 valence electrons. The Morgan fingerprint density at radius 1 is 1.25 bits per heavy atom. The van der Waals surface area contributed by atoms with Gasteiger partial charge in [0, 0.05) is 24.7 Å². The van der Waals surface area contributed by atoms with Gasteiger partial charge in [0.25, 0.3) is 5.91 Å². The molecule has 1 unspecified atom stereocenters. The monoisotopic (exact) mass is 403 g/mol. The molecule has 1 aromatic rings. The molecule has 1 fully saturated rings. The van der Waals surface area contributed by atoms with Crippen LogP contribution in [-0.4, -0.2) is 75.2 Å². The third-order valence-corrected chi connectivity index (χ3v) is 4.54. The van der Waals surface area contributed by atoms with Crippen LogP contribution in [0.25, 0.3) is 0 Å². The summed E-state index contributed by atoms with van der Waals surface area (Å²) in [7, 11) is 6.50. The molecule has 1 aliphatic rings. The number of nitrogens with one attached hydrogen (secondary N) is 1. The van der Waals surface area contributed by atoms with E-state index in [1.807, 2.05) is 19.0 Å². The van der Waals surface area contributed by atoms with Gasteiger partial charge in [-0.3, -0.25) is 9.59 Å². The van der Waals surface area contributed by atoms with Crippen LogP contribution in [-0.2, 0) is 4.79 Å². The summed E-state index contributed by atoms with van der Waals surface area (Å²) in [5, 5.41) is 2.16. The third kappa shape index (κ3) is 5.28. The summed E-state index contributed by atoms with van der Waals surface area (Å²) in [6.45, 7) is 1.10. The lowest BCUT2D eigenvalue weighted by molar-refractivity contribution is -0.150. The molecule has 7 nitrogen and oxygen atoms in total. The van der Waals surface area contributed by atoms with Gasteiger partial charge < -0.3 is 24.6 Å². The van der Waals surface area contributed by atoms with Crippen LogP contribution in [0.4, 0.5) is 18.9 Å². The molecule has 1 N–H and O–H groups in total. The molecule has 1 atom stereocenters. The first-order valence-corrected chi connectivity index (χ1v) is 8.64. The Balaban J connectivity index is 2.30. The lowest BCUT2D eigenvalue weighted by Crippen LogP contribution is -2.34. The van der Waals surface area contributed by atoms with E-state index in [1.165, 1.54) is 26.4 Å². The summed E-state index contributed by atoms with van der Waals surface area (Å²) < 4.78 is 47.8. The molecule has 1 aromatic carbocycles. The molecule has 0 aliphatic carbocycles. The number of nitrogens with zero attached hydrogens (tertiary/aromatic N) is 2. The van der Waals surface area contributed by atoms with Gasteiger partial charge in [-0.25, -0.2) is 0 Å². The Morgan fingerprint density at radius 2 is 1.93 bits per heavy atom. The van der Waals surface area contributed by atoms with Gasteiger partial charge in [-0.2, -0.15) is 13.2 Å². The highest BCUT2D eigenvalue weighted by Crippen LogP contribution is 2.37. The summed E-state index contributed by atoms with van der Waals surface area (Å²) in [6.07, 6.45) is -5.47. The van der Waals surface area contributed by atoms with Crippen molar-refractivity contribution >= 4 is 17.5 Å². The molecular formula is C18H24F3N3O4. The van der Waals surface area contributed by atoms with E-state index in [2.05, 4.69) is 5.32 Å². The molecule has 28 heavy (non-hydrogen) atoms. The lowest BCUT2D eigenvalue weighted by Gasteiger charge is -2.21. The fourth-order valence-electron chi connectivity index (χ4n) is 3.09. The van der Waals surface area contributed by atoms with E-state index >= 15 is 0 Å². The number of carbonyl (C=O) groups excluding carboxylic acids is 2. The minimum absolute atomic E-state index is 0.0437. The fourth-order valence-corrected chi connectivity index (χ4v) is 3.09. The summed E-state index contributed by atoms with van der Waals surface area (Å²) in [6, 6.07) is 2.99. The molecule has 0 aromatic heterocycles. The van der Waals surface area contributed by atoms with E-state index in [4.69, 9.17) is 9.47 Å². The zero-order chi connectivity index (χ0) is 21.1. The molecular weight excluding hydrogens is 379 g/mol. The van der Waals surface area contributed by atoms with E-state index < -0.39 is 18.5 Å². The first-order chi connectivity index (χ1) is 13.1. The molecule has 0 radical (unpaired) electrons. The van der Waals surface area contributed by atoms with Crippen LogP contribution in [0.2, 0.25) is 0 Å². The van der Waals surface area contributed by atoms with E-state index in [0.29, 0.717) is 13.1 Å². The van der Waals surface area contributed by atoms with Crippen LogP contribution in [0.1, 0.15) is 23.2 Å². The predicted octanol–water partition coefficient (Wildman–Crippen LogP) is 2.37. The van der Waals surface area contributed by atoms with Crippen molar-refractivity contribution in [2.24, 2.45) is 0 Å². The first-order valence-electron chi connectivity index (χ1n) is 8.64. The number of halogens is 3. The van der Waals surface area contributed by atoms with E-state index in [-0.39, 0.29) is 34.7 Å². The van der Waals surface area contributed by atoms with Crippen molar-refractivity contribution in [3.8, 4) is 11.5 Å².